The lowest BCUT2D eigenvalue weighted by Gasteiger charge is -2.04. The summed E-state index contributed by atoms with van der Waals surface area (Å²) in [5.41, 5.74) is 4.65. The standard InChI is InChI=1S/C19H18N2O/c1-22-19-10-8-17(14-21-19)18-9-7-16(11-12-20-18)13-15-5-3-2-4-6-15/h2-8,10-12,14H,9,13H2,1H3. The Bertz CT molecular complexity index is 713. The summed E-state index contributed by atoms with van der Waals surface area (Å²) in [6, 6.07) is 14.3. The Balaban J connectivity index is 1.72. The molecule has 0 amide bonds. The van der Waals surface area contributed by atoms with Crippen molar-refractivity contribution in [1.29, 1.82) is 0 Å². The summed E-state index contributed by atoms with van der Waals surface area (Å²) in [5.74, 6) is 0.619. The largest absolute Gasteiger partial charge is 0.481 e. The number of pyridine rings is 1. The van der Waals surface area contributed by atoms with Crippen LogP contribution in [0.2, 0.25) is 0 Å². The summed E-state index contributed by atoms with van der Waals surface area (Å²) in [6.07, 6.45) is 9.74. The first kappa shape index (κ1) is 14.3. The molecule has 0 N–H and O–H groups in total. The van der Waals surface area contributed by atoms with Gasteiger partial charge in [0, 0.05) is 30.4 Å². The molecule has 1 aliphatic rings. The van der Waals surface area contributed by atoms with Gasteiger partial charge in [0.25, 0.3) is 0 Å². The Labute approximate surface area is 130 Å². The molecule has 0 aliphatic carbocycles. The van der Waals surface area contributed by atoms with E-state index in [-0.39, 0.29) is 0 Å². The molecule has 1 aromatic heterocycles. The molecule has 22 heavy (non-hydrogen) atoms. The average Bonchev–Trinajstić information content (AvgIpc) is 2.82. The number of hydrogen-bond acceptors (Lipinski definition) is 3. The third kappa shape index (κ3) is 3.50. The van der Waals surface area contributed by atoms with E-state index in [1.165, 1.54) is 11.1 Å². The smallest absolute Gasteiger partial charge is 0.212 e. The zero-order valence-electron chi connectivity index (χ0n) is 12.6. The van der Waals surface area contributed by atoms with E-state index in [4.69, 9.17) is 4.74 Å². The van der Waals surface area contributed by atoms with E-state index in [1.807, 2.05) is 30.6 Å². The highest BCUT2D eigenvalue weighted by Gasteiger charge is 2.06. The van der Waals surface area contributed by atoms with E-state index in [1.54, 1.807) is 7.11 Å². The van der Waals surface area contributed by atoms with Crippen LogP contribution in [0.4, 0.5) is 0 Å². The number of allylic oxidation sites excluding steroid dienone is 3. The Morgan fingerprint density at radius 2 is 1.95 bits per heavy atom. The summed E-state index contributed by atoms with van der Waals surface area (Å²) in [5, 5.41) is 0. The van der Waals surface area contributed by atoms with Crippen LogP contribution < -0.4 is 4.74 Å². The molecule has 1 aromatic carbocycles. The number of rotatable bonds is 4. The number of ether oxygens (including phenoxy) is 1. The van der Waals surface area contributed by atoms with E-state index in [0.717, 1.165) is 24.1 Å². The molecule has 3 rings (SSSR count). The van der Waals surface area contributed by atoms with Crippen molar-refractivity contribution in [2.24, 2.45) is 4.99 Å². The lowest BCUT2D eigenvalue weighted by molar-refractivity contribution is 0.398. The Kier molecular flexibility index (Phi) is 4.44. The van der Waals surface area contributed by atoms with Crippen molar-refractivity contribution >= 4 is 5.71 Å². The summed E-state index contributed by atoms with van der Waals surface area (Å²) in [4.78, 5) is 8.79. The molecule has 0 bridgehead atoms. The van der Waals surface area contributed by atoms with E-state index in [9.17, 15) is 0 Å². The first-order valence-corrected chi connectivity index (χ1v) is 7.32. The molecule has 3 heteroatoms. The summed E-state index contributed by atoms with van der Waals surface area (Å²) >= 11 is 0. The lowest BCUT2D eigenvalue weighted by Crippen LogP contribution is -2.00. The second-order valence-corrected chi connectivity index (χ2v) is 5.13. The number of hydrogen-bond donors (Lipinski definition) is 0. The topological polar surface area (TPSA) is 34.5 Å². The van der Waals surface area contributed by atoms with Gasteiger partial charge in [-0.1, -0.05) is 36.4 Å². The Morgan fingerprint density at radius 1 is 1.09 bits per heavy atom. The minimum atomic E-state index is 0.619. The van der Waals surface area contributed by atoms with Gasteiger partial charge in [-0.25, -0.2) is 4.98 Å². The number of aromatic nitrogens is 1. The quantitative estimate of drug-likeness (QED) is 0.854. The monoisotopic (exact) mass is 290 g/mol. The van der Waals surface area contributed by atoms with Gasteiger partial charge in [0.15, 0.2) is 0 Å². The fraction of sp³-hybridized carbons (Fsp3) is 0.158. The average molecular weight is 290 g/mol. The van der Waals surface area contributed by atoms with Crippen LogP contribution in [0, 0.1) is 0 Å². The van der Waals surface area contributed by atoms with E-state index in [2.05, 4.69) is 46.4 Å². The molecular formula is C19H18N2O. The summed E-state index contributed by atoms with van der Waals surface area (Å²) in [7, 11) is 1.62. The maximum Gasteiger partial charge on any atom is 0.212 e. The molecule has 1 aliphatic heterocycles. The molecule has 3 nitrogen and oxygen atoms in total. The van der Waals surface area contributed by atoms with Gasteiger partial charge in [0.1, 0.15) is 0 Å². The molecule has 110 valence electrons. The minimum Gasteiger partial charge on any atom is -0.481 e. The summed E-state index contributed by atoms with van der Waals surface area (Å²) < 4.78 is 5.09. The summed E-state index contributed by atoms with van der Waals surface area (Å²) in [6.45, 7) is 0. The maximum atomic E-state index is 5.09. The second-order valence-electron chi connectivity index (χ2n) is 5.13. The highest BCUT2D eigenvalue weighted by Crippen LogP contribution is 2.16. The van der Waals surface area contributed by atoms with Crippen LogP contribution in [0.15, 0.2) is 77.6 Å². The molecule has 0 spiro atoms. The predicted octanol–water partition coefficient (Wildman–Crippen LogP) is 3.97. The molecule has 0 saturated carbocycles. The van der Waals surface area contributed by atoms with Gasteiger partial charge in [-0.15, -0.1) is 0 Å². The van der Waals surface area contributed by atoms with Crippen LogP contribution in [-0.4, -0.2) is 17.8 Å². The first-order valence-electron chi connectivity index (χ1n) is 7.32. The third-order valence-electron chi connectivity index (χ3n) is 3.61. The van der Waals surface area contributed by atoms with Gasteiger partial charge >= 0.3 is 0 Å². The fourth-order valence-electron chi connectivity index (χ4n) is 2.40. The maximum absolute atomic E-state index is 5.09. The van der Waals surface area contributed by atoms with E-state index >= 15 is 0 Å². The van der Waals surface area contributed by atoms with Crippen LogP contribution in [0.3, 0.4) is 0 Å². The second kappa shape index (κ2) is 6.85. The van der Waals surface area contributed by atoms with Crippen molar-refractivity contribution in [2.75, 3.05) is 7.11 Å². The van der Waals surface area contributed by atoms with Crippen LogP contribution in [-0.2, 0) is 6.42 Å². The molecular weight excluding hydrogens is 272 g/mol. The van der Waals surface area contributed by atoms with E-state index < -0.39 is 0 Å². The van der Waals surface area contributed by atoms with Gasteiger partial charge < -0.3 is 4.74 Å². The SMILES string of the molecule is COc1ccc(C2=NC=CC(Cc3ccccc3)=CC2)cn1. The van der Waals surface area contributed by atoms with Crippen LogP contribution in [0.25, 0.3) is 0 Å². The van der Waals surface area contributed by atoms with Gasteiger partial charge in [0.05, 0.1) is 12.8 Å². The third-order valence-corrected chi connectivity index (χ3v) is 3.61. The van der Waals surface area contributed by atoms with Gasteiger partial charge in [-0.2, -0.15) is 0 Å². The highest BCUT2D eigenvalue weighted by atomic mass is 16.5. The molecule has 0 radical (unpaired) electrons. The number of methoxy groups -OCH3 is 1. The van der Waals surface area contributed by atoms with Crippen molar-refractivity contribution < 1.29 is 4.74 Å². The molecule has 2 heterocycles. The lowest BCUT2D eigenvalue weighted by atomic mass is 10.0. The number of nitrogens with zero attached hydrogens (tertiary/aromatic N) is 2. The molecule has 0 atom stereocenters. The zero-order valence-corrected chi connectivity index (χ0v) is 12.6. The van der Waals surface area contributed by atoms with Gasteiger partial charge in [-0.3, -0.25) is 4.99 Å². The van der Waals surface area contributed by atoms with Crippen molar-refractivity contribution in [3.8, 4) is 5.88 Å². The minimum absolute atomic E-state index is 0.619. The van der Waals surface area contributed by atoms with Gasteiger partial charge in [0.2, 0.25) is 5.88 Å². The number of benzene rings is 1. The highest BCUT2D eigenvalue weighted by molar-refractivity contribution is 6.01. The van der Waals surface area contributed by atoms with Crippen molar-refractivity contribution in [3.05, 3.63) is 83.7 Å². The molecule has 0 unspecified atom stereocenters. The first-order chi connectivity index (χ1) is 10.8. The Hall–Kier alpha value is -2.68. The zero-order chi connectivity index (χ0) is 15.2. The predicted molar refractivity (Wildman–Crippen MR) is 89.3 cm³/mol. The van der Waals surface area contributed by atoms with Gasteiger partial charge in [-0.05, 0) is 29.7 Å². The van der Waals surface area contributed by atoms with Crippen LogP contribution >= 0.6 is 0 Å². The van der Waals surface area contributed by atoms with Crippen LogP contribution in [0.5, 0.6) is 5.88 Å². The van der Waals surface area contributed by atoms with Crippen molar-refractivity contribution in [2.45, 2.75) is 12.8 Å². The normalized spacial score (nSPS) is 14.0. The van der Waals surface area contributed by atoms with Crippen molar-refractivity contribution in [1.82, 2.24) is 4.98 Å². The number of aliphatic imine (C=N–C) groups is 1. The van der Waals surface area contributed by atoms with E-state index in [0.29, 0.717) is 5.88 Å². The molecule has 0 fully saturated rings. The molecule has 0 saturated heterocycles. The fourth-order valence-corrected chi connectivity index (χ4v) is 2.40. The van der Waals surface area contributed by atoms with Crippen LogP contribution in [0.1, 0.15) is 17.5 Å². The molecule has 2 aromatic rings. The van der Waals surface area contributed by atoms with Crippen molar-refractivity contribution in [3.63, 3.8) is 0 Å². The Morgan fingerprint density at radius 3 is 2.68 bits per heavy atom.